The number of fused-ring (bicyclic) bond motifs is 1. The standard InChI is InChI=1S/C18H20N4O2/c19-10-5-11-22-17-9-4-8-16(15(17)12-20-22)21-18(23)24-13-14-6-2-1-3-7-14/h1-3,6-7,12,16H,4-5,8-9,11,13H2,(H,21,23). The van der Waals surface area contributed by atoms with Gasteiger partial charge in [0.05, 0.1) is 31.3 Å². The molecule has 0 bridgehead atoms. The van der Waals surface area contributed by atoms with Gasteiger partial charge in [0, 0.05) is 11.3 Å². The predicted molar refractivity (Wildman–Crippen MR) is 87.9 cm³/mol. The Hall–Kier alpha value is -2.81. The molecule has 0 aliphatic heterocycles. The Morgan fingerprint density at radius 1 is 1.42 bits per heavy atom. The average Bonchev–Trinajstić information content (AvgIpc) is 3.03. The smallest absolute Gasteiger partial charge is 0.407 e. The van der Waals surface area contributed by atoms with Crippen molar-refractivity contribution < 1.29 is 9.53 Å². The van der Waals surface area contributed by atoms with Gasteiger partial charge in [0.15, 0.2) is 0 Å². The lowest BCUT2D eigenvalue weighted by Gasteiger charge is -2.23. The van der Waals surface area contributed by atoms with Crippen LogP contribution in [0.5, 0.6) is 0 Å². The summed E-state index contributed by atoms with van der Waals surface area (Å²) in [6.45, 7) is 0.852. The van der Waals surface area contributed by atoms with Crippen LogP contribution >= 0.6 is 0 Å². The molecular weight excluding hydrogens is 304 g/mol. The summed E-state index contributed by atoms with van der Waals surface area (Å²) >= 11 is 0. The molecule has 1 aromatic heterocycles. The van der Waals surface area contributed by atoms with E-state index in [2.05, 4.69) is 16.5 Å². The van der Waals surface area contributed by atoms with Crippen molar-refractivity contribution in [3.05, 3.63) is 53.3 Å². The van der Waals surface area contributed by atoms with Crippen LogP contribution in [0.25, 0.3) is 0 Å². The number of amides is 1. The number of benzene rings is 1. The van der Waals surface area contributed by atoms with Crippen LogP contribution in [0.4, 0.5) is 4.79 Å². The molecule has 2 aromatic rings. The third-order valence-corrected chi connectivity index (χ3v) is 4.20. The van der Waals surface area contributed by atoms with Crippen molar-refractivity contribution in [1.82, 2.24) is 15.1 Å². The second-order valence-corrected chi connectivity index (χ2v) is 5.83. The van der Waals surface area contributed by atoms with Crippen molar-refractivity contribution in [3.63, 3.8) is 0 Å². The van der Waals surface area contributed by atoms with Crippen molar-refractivity contribution in [1.29, 1.82) is 5.26 Å². The minimum Gasteiger partial charge on any atom is -0.445 e. The van der Waals surface area contributed by atoms with Gasteiger partial charge in [-0.25, -0.2) is 4.79 Å². The maximum atomic E-state index is 12.1. The van der Waals surface area contributed by atoms with Crippen LogP contribution in [0.1, 0.15) is 42.1 Å². The van der Waals surface area contributed by atoms with Gasteiger partial charge in [0.1, 0.15) is 6.61 Å². The maximum absolute atomic E-state index is 12.1. The molecule has 1 amide bonds. The van der Waals surface area contributed by atoms with Gasteiger partial charge in [-0.05, 0) is 24.8 Å². The van der Waals surface area contributed by atoms with Gasteiger partial charge in [0.25, 0.3) is 0 Å². The number of hydrogen-bond donors (Lipinski definition) is 1. The minimum atomic E-state index is -0.415. The van der Waals surface area contributed by atoms with E-state index in [-0.39, 0.29) is 12.6 Å². The molecule has 3 rings (SSSR count). The molecule has 1 aliphatic carbocycles. The van der Waals surface area contributed by atoms with Gasteiger partial charge in [-0.15, -0.1) is 0 Å². The average molecular weight is 324 g/mol. The van der Waals surface area contributed by atoms with E-state index in [1.165, 1.54) is 0 Å². The molecule has 0 radical (unpaired) electrons. The fraction of sp³-hybridized carbons (Fsp3) is 0.389. The molecule has 1 aliphatic rings. The van der Waals surface area contributed by atoms with Crippen LogP contribution < -0.4 is 5.32 Å². The van der Waals surface area contributed by atoms with Gasteiger partial charge in [-0.3, -0.25) is 4.68 Å². The minimum absolute atomic E-state index is 0.0761. The Morgan fingerprint density at radius 2 is 2.25 bits per heavy atom. The summed E-state index contributed by atoms with van der Waals surface area (Å²) in [5.74, 6) is 0. The number of nitriles is 1. The van der Waals surface area contributed by atoms with Crippen molar-refractivity contribution in [3.8, 4) is 6.07 Å². The van der Waals surface area contributed by atoms with Crippen molar-refractivity contribution in [2.75, 3.05) is 0 Å². The highest BCUT2D eigenvalue weighted by atomic mass is 16.5. The summed E-state index contributed by atoms with van der Waals surface area (Å²) in [5, 5.41) is 16.0. The largest absolute Gasteiger partial charge is 0.445 e. The van der Waals surface area contributed by atoms with Crippen molar-refractivity contribution in [2.24, 2.45) is 0 Å². The van der Waals surface area contributed by atoms with Crippen molar-refractivity contribution in [2.45, 2.75) is 44.9 Å². The molecule has 0 saturated heterocycles. The fourth-order valence-electron chi connectivity index (χ4n) is 3.02. The molecular formula is C18H20N4O2. The molecule has 0 saturated carbocycles. The number of nitrogens with one attached hydrogen (secondary N) is 1. The second kappa shape index (κ2) is 7.64. The Labute approximate surface area is 141 Å². The third-order valence-electron chi connectivity index (χ3n) is 4.20. The van der Waals surface area contributed by atoms with Gasteiger partial charge < -0.3 is 10.1 Å². The Morgan fingerprint density at radius 3 is 3.04 bits per heavy atom. The first kappa shape index (κ1) is 16.1. The van der Waals surface area contributed by atoms with Crippen LogP contribution in [-0.4, -0.2) is 15.9 Å². The van der Waals surface area contributed by atoms with E-state index in [9.17, 15) is 4.79 Å². The lowest BCUT2D eigenvalue weighted by atomic mass is 9.93. The zero-order valence-corrected chi connectivity index (χ0v) is 13.4. The number of alkyl carbamates (subject to hydrolysis) is 1. The highest BCUT2D eigenvalue weighted by Crippen LogP contribution is 2.29. The lowest BCUT2D eigenvalue weighted by molar-refractivity contribution is 0.134. The SMILES string of the molecule is N#CCCn1ncc2c1CCCC2NC(=O)OCc1ccccc1. The fourth-order valence-corrected chi connectivity index (χ4v) is 3.02. The Balaban J connectivity index is 1.59. The summed E-state index contributed by atoms with van der Waals surface area (Å²) in [4.78, 5) is 12.1. The van der Waals surface area contributed by atoms with E-state index in [1.807, 2.05) is 35.0 Å². The highest BCUT2D eigenvalue weighted by Gasteiger charge is 2.25. The molecule has 6 heteroatoms. The predicted octanol–water partition coefficient (Wildman–Crippen LogP) is 3.10. The summed E-state index contributed by atoms with van der Waals surface area (Å²) in [7, 11) is 0. The molecule has 1 atom stereocenters. The van der Waals surface area contributed by atoms with E-state index in [4.69, 9.17) is 10.00 Å². The molecule has 1 N–H and O–H groups in total. The molecule has 1 aromatic carbocycles. The molecule has 1 heterocycles. The van der Waals surface area contributed by atoms with Gasteiger partial charge in [-0.1, -0.05) is 30.3 Å². The molecule has 24 heavy (non-hydrogen) atoms. The Kier molecular flexibility index (Phi) is 5.12. The van der Waals surface area contributed by atoms with E-state index in [0.29, 0.717) is 13.0 Å². The van der Waals surface area contributed by atoms with E-state index < -0.39 is 6.09 Å². The zero-order valence-electron chi connectivity index (χ0n) is 13.4. The van der Waals surface area contributed by atoms with Crippen LogP contribution in [-0.2, 0) is 24.3 Å². The zero-order chi connectivity index (χ0) is 16.8. The number of carbonyl (C=O) groups is 1. The number of carbonyl (C=O) groups excluding carboxylic acids is 1. The number of nitrogens with zero attached hydrogens (tertiary/aromatic N) is 3. The third kappa shape index (κ3) is 3.74. The summed E-state index contributed by atoms with van der Waals surface area (Å²) in [6.07, 6.45) is 4.60. The van der Waals surface area contributed by atoms with Gasteiger partial charge in [0.2, 0.25) is 0 Å². The first-order chi connectivity index (χ1) is 11.8. The topological polar surface area (TPSA) is 79.9 Å². The van der Waals surface area contributed by atoms with Gasteiger partial charge in [-0.2, -0.15) is 10.4 Å². The second-order valence-electron chi connectivity index (χ2n) is 5.83. The highest BCUT2D eigenvalue weighted by molar-refractivity contribution is 5.68. The van der Waals surface area contributed by atoms with Crippen LogP contribution in [0, 0.1) is 11.3 Å². The number of rotatable bonds is 5. The summed E-state index contributed by atoms with van der Waals surface area (Å²) < 4.78 is 7.17. The van der Waals surface area contributed by atoms with E-state index in [0.717, 1.165) is 36.1 Å². The normalized spacial score (nSPS) is 16.0. The summed E-state index contributed by atoms with van der Waals surface area (Å²) in [5.41, 5.74) is 3.11. The number of aromatic nitrogens is 2. The van der Waals surface area contributed by atoms with E-state index >= 15 is 0 Å². The van der Waals surface area contributed by atoms with Crippen molar-refractivity contribution >= 4 is 6.09 Å². The molecule has 6 nitrogen and oxygen atoms in total. The maximum Gasteiger partial charge on any atom is 0.407 e. The monoisotopic (exact) mass is 324 g/mol. The quantitative estimate of drug-likeness (QED) is 0.916. The number of ether oxygens (including phenoxy) is 1. The first-order valence-electron chi connectivity index (χ1n) is 8.16. The Bertz CT molecular complexity index is 733. The van der Waals surface area contributed by atoms with Crippen LogP contribution in [0.2, 0.25) is 0 Å². The number of hydrogen-bond acceptors (Lipinski definition) is 4. The molecule has 0 spiro atoms. The van der Waals surface area contributed by atoms with Crippen LogP contribution in [0.3, 0.4) is 0 Å². The first-order valence-corrected chi connectivity index (χ1v) is 8.16. The molecule has 0 fully saturated rings. The van der Waals surface area contributed by atoms with E-state index in [1.54, 1.807) is 6.20 Å². The summed E-state index contributed by atoms with van der Waals surface area (Å²) in [6, 6.07) is 11.7. The molecule has 1 unspecified atom stereocenters. The van der Waals surface area contributed by atoms with Gasteiger partial charge >= 0.3 is 6.09 Å². The number of aryl methyl sites for hydroxylation is 1. The molecule has 124 valence electrons. The van der Waals surface area contributed by atoms with Crippen LogP contribution in [0.15, 0.2) is 36.5 Å². The lowest BCUT2D eigenvalue weighted by Crippen LogP contribution is -2.31.